The van der Waals surface area contributed by atoms with Crippen LogP contribution in [0.4, 0.5) is 5.69 Å². The molecule has 0 aromatic heterocycles. The number of nitrogens with zero attached hydrogens (tertiary/aromatic N) is 3. The van der Waals surface area contributed by atoms with Crippen LogP contribution < -0.4 is 5.32 Å². The van der Waals surface area contributed by atoms with Crippen molar-refractivity contribution in [3.63, 3.8) is 0 Å². The molecule has 2 fully saturated rings. The number of benzene rings is 1. The molecule has 0 atom stereocenters. The third-order valence-corrected chi connectivity index (χ3v) is 4.56. The molecule has 8 nitrogen and oxygen atoms in total. The van der Waals surface area contributed by atoms with Crippen LogP contribution >= 0.6 is 0 Å². The van der Waals surface area contributed by atoms with E-state index in [0.29, 0.717) is 44.3 Å². The van der Waals surface area contributed by atoms with Crippen molar-refractivity contribution in [3.05, 3.63) is 39.9 Å². The zero-order valence-corrected chi connectivity index (χ0v) is 14.0. The van der Waals surface area contributed by atoms with E-state index in [4.69, 9.17) is 0 Å². The van der Waals surface area contributed by atoms with Crippen LogP contribution in [0.15, 0.2) is 24.3 Å². The number of nitro benzene ring substituents is 1. The van der Waals surface area contributed by atoms with Crippen molar-refractivity contribution in [2.75, 3.05) is 32.7 Å². The predicted octanol–water partition coefficient (Wildman–Crippen LogP) is 0.560. The van der Waals surface area contributed by atoms with E-state index in [1.807, 2.05) is 4.90 Å². The van der Waals surface area contributed by atoms with Gasteiger partial charge in [-0.3, -0.25) is 24.6 Å². The Morgan fingerprint density at radius 2 is 1.84 bits per heavy atom. The first-order valence-electron chi connectivity index (χ1n) is 8.54. The summed E-state index contributed by atoms with van der Waals surface area (Å²) in [5.41, 5.74) is 0.412. The molecule has 8 heteroatoms. The van der Waals surface area contributed by atoms with Gasteiger partial charge in [-0.05, 0) is 12.8 Å². The molecule has 1 saturated heterocycles. The summed E-state index contributed by atoms with van der Waals surface area (Å²) < 4.78 is 0. The van der Waals surface area contributed by atoms with Gasteiger partial charge in [-0.2, -0.15) is 0 Å². The zero-order valence-electron chi connectivity index (χ0n) is 14.0. The Kier molecular flexibility index (Phi) is 5.28. The summed E-state index contributed by atoms with van der Waals surface area (Å²) in [6, 6.07) is 6.69. The summed E-state index contributed by atoms with van der Waals surface area (Å²) in [5, 5.41) is 14.0. The van der Waals surface area contributed by atoms with Crippen molar-refractivity contribution >= 4 is 17.5 Å². The van der Waals surface area contributed by atoms with Crippen molar-refractivity contribution in [1.82, 2.24) is 15.1 Å². The highest BCUT2D eigenvalue weighted by atomic mass is 16.6. The number of carbonyl (C=O) groups is 2. The van der Waals surface area contributed by atoms with E-state index in [9.17, 15) is 19.7 Å². The Morgan fingerprint density at radius 1 is 1.16 bits per heavy atom. The molecule has 1 aromatic carbocycles. The summed E-state index contributed by atoms with van der Waals surface area (Å²) in [7, 11) is 0. The molecule has 134 valence electrons. The fourth-order valence-electron chi connectivity index (χ4n) is 2.97. The maximum Gasteiger partial charge on any atom is 0.273 e. The number of hydrogen-bond donors (Lipinski definition) is 1. The molecule has 1 heterocycles. The van der Waals surface area contributed by atoms with Crippen LogP contribution in [-0.2, 0) is 16.0 Å². The number of para-hydroxylation sites is 1. The molecule has 1 aliphatic carbocycles. The molecular formula is C17H22N4O4. The molecule has 0 spiro atoms. The lowest BCUT2D eigenvalue weighted by atomic mass is 10.1. The first-order valence-corrected chi connectivity index (χ1v) is 8.54. The summed E-state index contributed by atoms with van der Waals surface area (Å²) >= 11 is 0. The molecule has 0 bridgehead atoms. The van der Waals surface area contributed by atoms with Crippen molar-refractivity contribution in [3.8, 4) is 0 Å². The number of piperazine rings is 1. The molecule has 1 N–H and O–H groups in total. The SMILES string of the molecule is O=C(CN1CCN(C(=O)Cc2ccccc2[N+](=O)[O-])CC1)NC1CC1. The highest BCUT2D eigenvalue weighted by Gasteiger charge is 2.27. The van der Waals surface area contributed by atoms with Gasteiger partial charge in [-0.25, -0.2) is 0 Å². The molecule has 3 rings (SSSR count). The van der Waals surface area contributed by atoms with Gasteiger partial charge in [0.1, 0.15) is 0 Å². The number of carbonyl (C=O) groups excluding carboxylic acids is 2. The van der Waals surface area contributed by atoms with Gasteiger partial charge in [0.15, 0.2) is 0 Å². The predicted molar refractivity (Wildman–Crippen MR) is 91.0 cm³/mol. The fourth-order valence-corrected chi connectivity index (χ4v) is 2.97. The zero-order chi connectivity index (χ0) is 17.8. The second kappa shape index (κ2) is 7.60. The highest BCUT2D eigenvalue weighted by molar-refractivity contribution is 5.80. The Bertz CT molecular complexity index is 666. The van der Waals surface area contributed by atoms with E-state index >= 15 is 0 Å². The Balaban J connectivity index is 1.48. The highest BCUT2D eigenvalue weighted by Crippen LogP contribution is 2.20. The van der Waals surface area contributed by atoms with E-state index < -0.39 is 4.92 Å². The maximum atomic E-state index is 12.4. The molecule has 0 radical (unpaired) electrons. The van der Waals surface area contributed by atoms with Gasteiger partial charge < -0.3 is 10.2 Å². The van der Waals surface area contributed by atoms with E-state index in [1.165, 1.54) is 6.07 Å². The number of amides is 2. The van der Waals surface area contributed by atoms with Gasteiger partial charge in [0.2, 0.25) is 11.8 Å². The third kappa shape index (κ3) is 4.76. The van der Waals surface area contributed by atoms with E-state index in [0.717, 1.165) is 12.8 Å². The minimum Gasteiger partial charge on any atom is -0.352 e. The fraction of sp³-hybridized carbons (Fsp3) is 0.529. The van der Waals surface area contributed by atoms with Crippen molar-refractivity contribution < 1.29 is 14.5 Å². The summed E-state index contributed by atoms with van der Waals surface area (Å²) in [5.74, 6) is -0.0708. The van der Waals surface area contributed by atoms with Crippen LogP contribution in [0.3, 0.4) is 0 Å². The summed E-state index contributed by atoms with van der Waals surface area (Å²) in [6.07, 6.45) is 2.17. The maximum absolute atomic E-state index is 12.4. The largest absolute Gasteiger partial charge is 0.352 e. The Labute approximate surface area is 145 Å². The Hall–Kier alpha value is -2.48. The van der Waals surface area contributed by atoms with Gasteiger partial charge in [-0.1, -0.05) is 18.2 Å². The summed E-state index contributed by atoms with van der Waals surface area (Å²) in [6.45, 7) is 2.72. The molecular weight excluding hydrogens is 324 g/mol. The first-order chi connectivity index (χ1) is 12.0. The normalized spacial score (nSPS) is 18.0. The molecule has 1 aromatic rings. The minimum atomic E-state index is -0.459. The lowest BCUT2D eigenvalue weighted by Gasteiger charge is -2.34. The van der Waals surface area contributed by atoms with E-state index in [2.05, 4.69) is 5.32 Å². The number of hydrogen-bond acceptors (Lipinski definition) is 5. The molecule has 1 aliphatic heterocycles. The average Bonchev–Trinajstić information content (AvgIpc) is 3.39. The van der Waals surface area contributed by atoms with Crippen LogP contribution in [0, 0.1) is 10.1 Å². The Morgan fingerprint density at radius 3 is 2.48 bits per heavy atom. The number of rotatable bonds is 6. The van der Waals surface area contributed by atoms with Crippen LogP contribution in [0.2, 0.25) is 0 Å². The molecule has 2 aliphatic rings. The monoisotopic (exact) mass is 346 g/mol. The van der Waals surface area contributed by atoms with Crippen molar-refractivity contribution in [2.24, 2.45) is 0 Å². The van der Waals surface area contributed by atoms with Crippen molar-refractivity contribution in [1.29, 1.82) is 0 Å². The average molecular weight is 346 g/mol. The first kappa shape index (κ1) is 17.3. The van der Waals surface area contributed by atoms with Gasteiger partial charge in [0.25, 0.3) is 5.69 Å². The second-order valence-corrected chi connectivity index (χ2v) is 6.56. The second-order valence-electron chi connectivity index (χ2n) is 6.56. The van der Waals surface area contributed by atoms with Crippen LogP contribution in [-0.4, -0.2) is 65.3 Å². The number of nitro groups is 1. The summed E-state index contributed by atoms with van der Waals surface area (Å²) in [4.78, 5) is 38.6. The standard InChI is InChI=1S/C17H22N4O4/c22-16(18-14-5-6-14)12-19-7-9-20(10-8-19)17(23)11-13-3-1-2-4-15(13)21(24)25/h1-4,14H,5-12H2,(H,18,22). The van der Waals surface area contributed by atoms with Gasteiger partial charge in [0, 0.05) is 43.9 Å². The van der Waals surface area contributed by atoms with Gasteiger partial charge in [-0.15, -0.1) is 0 Å². The van der Waals surface area contributed by atoms with Crippen LogP contribution in [0.5, 0.6) is 0 Å². The van der Waals surface area contributed by atoms with E-state index in [-0.39, 0.29) is 23.9 Å². The van der Waals surface area contributed by atoms with E-state index in [1.54, 1.807) is 23.1 Å². The number of nitrogens with one attached hydrogen (secondary N) is 1. The smallest absolute Gasteiger partial charge is 0.273 e. The van der Waals surface area contributed by atoms with Gasteiger partial charge in [0.05, 0.1) is 17.9 Å². The minimum absolute atomic E-state index is 0.0220. The lowest BCUT2D eigenvalue weighted by Crippen LogP contribution is -2.51. The van der Waals surface area contributed by atoms with Crippen LogP contribution in [0.1, 0.15) is 18.4 Å². The third-order valence-electron chi connectivity index (χ3n) is 4.56. The molecule has 0 unspecified atom stereocenters. The van der Waals surface area contributed by atoms with Gasteiger partial charge >= 0.3 is 0 Å². The quantitative estimate of drug-likeness (QED) is 0.600. The lowest BCUT2D eigenvalue weighted by molar-refractivity contribution is -0.385. The molecule has 25 heavy (non-hydrogen) atoms. The molecule has 1 saturated carbocycles. The topological polar surface area (TPSA) is 95.8 Å². The van der Waals surface area contributed by atoms with Crippen molar-refractivity contribution in [2.45, 2.75) is 25.3 Å². The van der Waals surface area contributed by atoms with Crippen LogP contribution in [0.25, 0.3) is 0 Å². The molecule has 2 amide bonds.